The molecule has 0 unspecified atom stereocenters. The van der Waals surface area contributed by atoms with Crippen molar-refractivity contribution in [2.45, 2.75) is 32.0 Å². The highest BCUT2D eigenvalue weighted by Gasteiger charge is 2.41. The van der Waals surface area contributed by atoms with Crippen LogP contribution in [-0.4, -0.2) is 10.9 Å². The van der Waals surface area contributed by atoms with E-state index < -0.39 is 0 Å². The first-order valence-corrected chi connectivity index (χ1v) is 7.76. The highest BCUT2D eigenvalue weighted by atomic mass is 15.2. The first-order chi connectivity index (χ1) is 10.3. The van der Waals surface area contributed by atoms with E-state index in [0.717, 1.165) is 6.54 Å². The third-order valence-electron chi connectivity index (χ3n) is 4.52. The number of hydrogen-bond donors (Lipinski definition) is 0. The molecule has 0 spiro atoms. The van der Waals surface area contributed by atoms with E-state index in [0.29, 0.717) is 18.0 Å². The van der Waals surface area contributed by atoms with Gasteiger partial charge in [0, 0.05) is 18.6 Å². The quantitative estimate of drug-likeness (QED) is 0.684. The van der Waals surface area contributed by atoms with Gasteiger partial charge in [0.05, 0.1) is 0 Å². The summed E-state index contributed by atoms with van der Waals surface area (Å²) in [4.78, 5) is 2.62. The second-order valence-electron chi connectivity index (χ2n) is 5.95. The van der Waals surface area contributed by atoms with Crippen LogP contribution in [0, 0.1) is 5.92 Å². The Hall–Kier alpha value is -1.86. The molecule has 1 heteroatoms. The zero-order valence-corrected chi connectivity index (χ0v) is 12.7. The van der Waals surface area contributed by atoms with E-state index in [1.54, 1.807) is 0 Å². The number of rotatable bonds is 6. The minimum Gasteiger partial charge on any atom is -0.289 e. The maximum atomic E-state index is 3.97. The lowest BCUT2D eigenvalue weighted by Crippen LogP contribution is -2.29. The highest BCUT2D eigenvalue weighted by Crippen LogP contribution is 2.41. The maximum absolute atomic E-state index is 3.97. The molecule has 1 saturated carbocycles. The van der Waals surface area contributed by atoms with Crippen LogP contribution >= 0.6 is 0 Å². The smallest absolute Gasteiger partial charge is 0.0326 e. The summed E-state index contributed by atoms with van der Waals surface area (Å²) in [7, 11) is 0. The van der Waals surface area contributed by atoms with Crippen LogP contribution in [0.15, 0.2) is 73.3 Å². The second-order valence-corrected chi connectivity index (χ2v) is 5.95. The van der Waals surface area contributed by atoms with Gasteiger partial charge < -0.3 is 0 Å². The fourth-order valence-corrected chi connectivity index (χ4v) is 3.09. The van der Waals surface area contributed by atoms with Crippen molar-refractivity contribution in [1.82, 2.24) is 4.90 Å². The van der Waals surface area contributed by atoms with Crippen molar-refractivity contribution in [2.24, 2.45) is 5.92 Å². The summed E-state index contributed by atoms with van der Waals surface area (Å²) < 4.78 is 0. The van der Waals surface area contributed by atoms with Crippen molar-refractivity contribution >= 4 is 0 Å². The van der Waals surface area contributed by atoms with E-state index in [1.807, 2.05) is 0 Å². The van der Waals surface area contributed by atoms with E-state index in [1.165, 1.54) is 17.5 Å². The number of benzene rings is 2. The van der Waals surface area contributed by atoms with Crippen molar-refractivity contribution in [3.63, 3.8) is 0 Å². The van der Waals surface area contributed by atoms with Gasteiger partial charge in [0.1, 0.15) is 0 Å². The average Bonchev–Trinajstić information content (AvgIpc) is 3.33. The first kappa shape index (κ1) is 14.1. The Morgan fingerprint density at radius 1 is 1.10 bits per heavy atom. The number of hydrogen-bond acceptors (Lipinski definition) is 1. The van der Waals surface area contributed by atoms with Crippen LogP contribution in [0.3, 0.4) is 0 Å². The summed E-state index contributed by atoms with van der Waals surface area (Å²) in [5.41, 5.74) is 2.78. The van der Waals surface area contributed by atoms with Gasteiger partial charge in [-0.3, -0.25) is 4.90 Å². The van der Waals surface area contributed by atoms with E-state index in [9.17, 15) is 0 Å². The molecule has 2 aromatic rings. The lowest BCUT2D eigenvalue weighted by molar-refractivity contribution is 0.185. The van der Waals surface area contributed by atoms with E-state index in [4.69, 9.17) is 0 Å². The molecule has 1 fully saturated rings. The maximum Gasteiger partial charge on any atom is 0.0326 e. The SMILES string of the molecule is C=C[C@H]1C[C@@H]1N(Cc1ccccc1)[C@H](C)c1ccccc1. The monoisotopic (exact) mass is 277 g/mol. The zero-order chi connectivity index (χ0) is 14.7. The Balaban J connectivity index is 1.81. The van der Waals surface area contributed by atoms with Crippen molar-refractivity contribution in [1.29, 1.82) is 0 Å². The fraction of sp³-hybridized carbons (Fsp3) is 0.300. The Kier molecular flexibility index (Phi) is 4.21. The summed E-state index contributed by atoms with van der Waals surface area (Å²) in [6, 6.07) is 22.6. The van der Waals surface area contributed by atoms with Gasteiger partial charge in [-0.05, 0) is 30.4 Å². The van der Waals surface area contributed by atoms with E-state index in [-0.39, 0.29) is 0 Å². The van der Waals surface area contributed by atoms with Gasteiger partial charge >= 0.3 is 0 Å². The molecule has 1 aliphatic rings. The molecule has 1 aliphatic carbocycles. The molecule has 1 nitrogen and oxygen atoms in total. The van der Waals surface area contributed by atoms with Crippen molar-refractivity contribution in [3.8, 4) is 0 Å². The molecule has 0 aliphatic heterocycles. The number of nitrogens with zero attached hydrogens (tertiary/aromatic N) is 1. The summed E-state index contributed by atoms with van der Waals surface area (Å²) in [5.74, 6) is 0.653. The Bertz CT molecular complexity index is 575. The van der Waals surface area contributed by atoms with Gasteiger partial charge in [-0.25, -0.2) is 0 Å². The van der Waals surface area contributed by atoms with Crippen LogP contribution < -0.4 is 0 Å². The Morgan fingerprint density at radius 2 is 1.71 bits per heavy atom. The average molecular weight is 277 g/mol. The topological polar surface area (TPSA) is 3.24 Å². The molecular formula is C20H23N. The predicted octanol–water partition coefficient (Wildman–Crippen LogP) is 4.82. The van der Waals surface area contributed by atoms with Crippen LogP contribution in [0.2, 0.25) is 0 Å². The molecule has 21 heavy (non-hydrogen) atoms. The van der Waals surface area contributed by atoms with Crippen molar-refractivity contribution < 1.29 is 0 Å². The molecule has 3 atom stereocenters. The van der Waals surface area contributed by atoms with Crippen molar-refractivity contribution in [2.75, 3.05) is 0 Å². The molecule has 0 N–H and O–H groups in total. The summed E-state index contributed by atoms with van der Waals surface area (Å²) in [6.07, 6.45) is 3.36. The third-order valence-corrected chi connectivity index (χ3v) is 4.52. The predicted molar refractivity (Wildman–Crippen MR) is 88.9 cm³/mol. The second kappa shape index (κ2) is 6.28. The molecule has 0 amide bonds. The largest absolute Gasteiger partial charge is 0.289 e. The minimum absolute atomic E-state index is 0.432. The summed E-state index contributed by atoms with van der Waals surface area (Å²) >= 11 is 0. The van der Waals surface area contributed by atoms with Gasteiger partial charge in [-0.2, -0.15) is 0 Å². The van der Waals surface area contributed by atoms with Crippen LogP contribution in [0.1, 0.15) is 30.5 Å². The normalized spacial score (nSPS) is 22.0. The van der Waals surface area contributed by atoms with Crippen LogP contribution in [0.5, 0.6) is 0 Å². The molecule has 0 bridgehead atoms. The molecule has 2 aromatic carbocycles. The van der Waals surface area contributed by atoms with Gasteiger partial charge in [-0.15, -0.1) is 6.58 Å². The molecular weight excluding hydrogens is 254 g/mol. The van der Waals surface area contributed by atoms with E-state index in [2.05, 4.69) is 85.1 Å². The van der Waals surface area contributed by atoms with Crippen molar-refractivity contribution in [3.05, 3.63) is 84.4 Å². The Morgan fingerprint density at radius 3 is 2.29 bits per heavy atom. The van der Waals surface area contributed by atoms with Gasteiger partial charge in [0.2, 0.25) is 0 Å². The lowest BCUT2D eigenvalue weighted by atomic mass is 10.1. The minimum atomic E-state index is 0.432. The van der Waals surface area contributed by atoms with E-state index >= 15 is 0 Å². The molecule has 0 heterocycles. The van der Waals surface area contributed by atoms with Crippen LogP contribution in [-0.2, 0) is 6.54 Å². The van der Waals surface area contributed by atoms with Gasteiger partial charge in [-0.1, -0.05) is 66.7 Å². The molecule has 0 saturated heterocycles. The molecule has 0 aromatic heterocycles. The standard InChI is InChI=1S/C20H23N/c1-3-18-14-20(18)21(15-17-10-6-4-7-11-17)16(2)19-12-8-5-9-13-19/h3-13,16,18,20H,1,14-15H2,2H3/t16-,18+,20+/m1/s1. The van der Waals surface area contributed by atoms with Crippen LogP contribution in [0.25, 0.3) is 0 Å². The Labute approximate surface area is 127 Å². The molecule has 3 rings (SSSR count). The molecule has 0 radical (unpaired) electrons. The summed E-state index contributed by atoms with van der Waals surface area (Å²) in [6.45, 7) is 7.29. The molecule has 108 valence electrons. The third kappa shape index (κ3) is 3.25. The van der Waals surface area contributed by atoms with Gasteiger partial charge in [0.25, 0.3) is 0 Å². The fourth-order valence-electron chi connectivity index (χ4n) is 3.09. The zero-order valence-electron chi connectivity index (χ0n) is 12.7. The van der Waals surface area contributed by atoms with Crippen LogP contribution in [0.4, 0.5) is 0 Å². The lowest BCUT2D eigenvalue weighted by Gasteiger charge is -2.30. The van der Waals surface area contributed by atoms with Gasteiger partial charge in [0.15, 0.2) is 0 Å². The summed E-state index contributed by atoms with van der Waals surface area (Å²) in [5, 5.41) is 0. The highest BCUT2D eigenvalue weighted by molar-refractivity contribution is 5.22. The first-order valence-electron chi connectivity index (χ1n) is 7.76.